The van der Waals surface area contributed by atoms with Gasteiger partial charge in [-0.25, -0.2) is 14.4 Å². The highest BCUT2D eigenvalue weighted by atomic mass is 16.6. The zero-order valence-corrected chi connectivity index (χ0v) is 23.0. The molecule has 8 nitrogen and oxygen atoms in total. The molecule has 212 valence electrons. The maximum Gasteiger partial charge on any atom is 0.409 e. The molecule has 4 aromatic rings. The largest absolute Gasteiger partial charge is 0.478 e. The van der Waals surface area contributed by atoms with Crippen molar-refractivity contribution >= 4 is 18.2 Å². The third-order valence-electron chi connectivity index (χ3n) is 8.21. The Hall–Kier alpha value is -5.11. The molecule has 0 aromatic heterocycles. The zero-order valence-electron chi connectivity index (χ0n) is 23.0. The predicted octanol–water partition coefficient (Wildman–Crippen LogP) is 6.25. The summed E-state index contributed by atoms with van der Waals surface area (Å²) >= 11 is 0. The molecule has 0 unspecified atom stereocenters. The quantitative estimate of drug-likeness (QED) is 0.219. The Morgan fingerprint density at radius 3 is 1.21 bits per heavy atom. The second kappa shape index (κ2) is 11.0. The normalized spacial score (nSPS) is 13.4. The number of nitrogens with one attached hydrogen (secondary N) is 2. The van der Waals surface area contributed by atoms with Gasteiger partial charge >= 0.3 is 18.2 Å². The Bertz CT molecular complexity index is 1480. The van der Waals surface area contributed by atoms with Crippen LogP contribution in [0, 0.1) is 0 Å². The Balaban J connectivity index is 1.12. The molecule has 2 amide bonds. The van der Waals surface area contributed by atoms with Gasteiger partial charge in [-0.2, -0.15) is 0 Å². The summed E-state index contributed by atoms with van der Waals surface area (Å²) in [5, 5.41) is 14.8. The highest BCUT2D eigenvalue weighted by molar-refractivity contribution is 5.88. The second-order valence-corrected chi connectivity index (χ2v) is 10.5. The van der Waals surface area contributed by atoms with Crippen LogP contribution in [0.25, 0.3) is 22.3 Å². The fourth-order valence-electron chi connectivity index (χ4n) is 6.08. The van der Waals surface area contributed by atoms with Gasteiger partial charge < -0.3 is 14.6 Å². The summed E-state index contributed by atoms with van der Waals surface area (Å²) in [6.45, 7) is 1.55. The topological polar surface area (TPSA) is 114 Å². The van der Waals surface area contributed by atoms with Crippen LogP contribution in [0.5, 0.6) is 0 Å². The lowest BCUT2D eigenvalue weighted by atomic mass is 9.98. The van der Waals surface area contributed by atoms with Crippen molar-refractivity contribution in [2.24, 2.45) is 0 Å². The summed E-state index contributed by atoms with van der Waals surface area (Å²) in [6.07, 6.45) is -2.06. The first-order valence-electron chi connectivity index (χ1n) is 13.9. The van der Waals surface area contributed by atoms with Gasteiger partial charge in [-0.15, -0.1) is 0 Å². The second-order valence-electron chi connectivity index (χ2n) is 10.5. The van der Waals surface area contributed by atoms with Gasteiger partial charge in [-0.3, -0.25) is 10.6 Å². The predicted molar refractivity (Wildman–Crippen MR) is 157 cm³/mol. The molecule has 0 atom stereocenters. The number of hydrogen-bond donors (Lipinski definition) is 3. The maximum absolute atomic E-state index is 12.9. The fourth-order valence-corrected chi connectivity index (χ4v) is 6.08. The van der Waals surface area contributed by atoms with E-state index in [1.54, 1.807) is 6.92 Å². The number of carboxylic acid groups (broad SMARTS) is 1. The molecule has 0 heterocycles. The minimum absolute atomic E-state index is 0.00418. The smallest absolute Gasteiger partial charge is 0.409 e. The van der Waals surface area contributed by atoms with Crippen LogP contribution in [-0.2, 0) is 14.3 Å². The fraction of sp³-hybridized carbons (Fsp3) is 0.206. The van der Waals surface area contributed by atoms with Gasteiger partial charge in [0.2, 0.25) is 5.66 Å². The molecular weight excluding hydrogens is 532 g/mol. The first-order valence-corrected chi connectivity index (χ1v) is 13.9. The number of fused-ring (bicyclic) bond motifs is 6. The number of hydrogen-bond acceptors (Lipinski definition) is 5. The molecular formula is C34H30N2O6. The molecule has 4 aromatic carbocycles. The van der Waals surface area contributed by atoms with Crippen LogP contribution in [0.2, 0.25) is 0 Å². The third kappa shape index (κ3) is 4.75. The minimum Gasteiger partial charge on any atom is -0.478 e. The van der Waals surface area contributed by atoms with Gasteiger partial charge in [0, 0.05) is 11.8 Å². The monoisotopic (exact) mass is 562 g/mol. The van der Waals surface area contributed by atoms with Crippen LogP contribution in [0.1, 0.15) is 47.4 Å². The highest BCUT2D eigenvalue weighted by Gasteiger charge is 2.42. The van der Waals surface area contributed by atoms with Crippen molar-refractivity contribution in [3.8, 4) is 22.3 Å². The van der Waals surface area contributed by atoms with Gasteiger partial charge in [-0.1, -0.05) is 104 Å². The number of alkyl carbamates (subject to hydrolysis) is 2. The minimum atomic E-state index is -2.12. The number of aliphatic carboxylic acids is 1. The van der Waals surface area contributed by atoms with Crippen LogP contribution in [0.3, 0.4) is 0 Å². The van der Waals surface area contributed by atoms with E-state index in [2.05, 4.69) is 10.6 Å². The van der Waals surface area contributed by atoms with Gasteiger partial charge in [0.05, 0.1) is 0 Å². The number of carboxylic acids is 1. The van der Waals surface area contributed by atoms with E-state index in [9.17, 15) is 19.5 Å². The van der Waals surface area contributed by atoms with Gasteiger partial charge in [-0.05, 0) is 50.9 Å². The number of carbonyl (C=O) groups excluding carboxylic acids is 2. The molecule has 42 heavy (non-hydrogen) atoms. The van der Waals surface area contributed by atoms with Crippen molar-refractivity contribution in [2.45, 2.75) is 30.8 Å². The van der Waals surface area contributed by atoms with E-state index in [0.29, 0.717) is 0 Å². The molecule has 3 N–H and O–H groups in total. The Morgan fingerprint density at radius 1 is 0.619 bits per heavy atom. The summed E-state index contributed by atoms with van der Waals surface area (Å²) in [7, 11) is 0. The van der Waals surface area contributed by atoms with Crippen molar-refractivity contribution in [2.75, 3.05) is 13.2 Å². The van der Waals surface area contributed by atoms with Crippen molar-refractivity contribution < 1.29 is 29.0 Å². The van der Waals surface area contributed by atoms with E-state index in [-0.39, 0.29) is 31.5 Å². The highest BCUT2D eigenvalue weighted by Crippen LogP contribution is 2.45. The standard InChI is InChI=1S/C34H30N2O6/c1-2-34(31(37)38,35-32(39)41-19-29-25-15-7-3-11-21(25)22-12-4-8-16-26(22)29)36-33(40)42-20-30-27-17-9-5-13-23(27)24-14-6-10-18-28(24)30/h3-18,29-30H,2,19-20H2,1H3,(H,35,39)(H,36,40)(H,37,38). The van der Waals surface area contributed by atoms with Crippen molar-refractivity contribution in [3.63, 3.8) is 0 Å². The van der Waals surface area contributed by atoms with E-state index in [4.69, 9.17) is 9.47 Å². The Kier molecular flexibility index (Phi) is 7.12. The van der Waals surface area contributed by atoms with E-state index < -0.39 is 23.8 Å². The van der Waals surface area contributed by atoms with Crippen LogP contribution < -0.4 is 10.6 Å². The molecule has 0 radical (unpaired) electrons. The molecule has 2 aliphatic carbocycles. The van der Waals surface area contributed by atoms with Crippen molar-refractivity contribution in [1.29, 1.82) is 0 Å². The molecule has 2 aliphatic rings. The van der Waals surface area contributed by atoms with Gasteiger partial charge in [0.25, 0.3) is 0 Å². The molecule has 0 bridgehead atoms. The summed E-state index contributed by atoms with van der Waals surface area (Å²) in [6, 6.07) is 31.7. The SMILES string of the molecule is CCC(NC(=O)OCC1c2ccccc2-c2ccccc21)(NC(=O)OCC1c2ccccc2-c2ccccc21)C(=O)O. The van der Waals surface area contributed by atoms with E-state index in [0.717, 1.165) is 44.5 Å². The van der Waals surface area contributed by atoms with Crippen molar-refractivity contribution in [1.82, 2.24) is 10.6 Å². The molecule has 8 heteroatoms. The van der Waals surface area contributed by atoms with E-state index in [1.165, 1.54) is 0 Å². The van der Waals surface area contributed by atoms with Gasteiger partial charge in [0.15, 0.2) is 0 Å². The lowest BCUT2D eigenvalue weighted by molar-refractivity contribution is -0.146. The number of carbonyl (C=O) groups is 3. The van der Waals surface area contributed by atoms with Gasteiger partial charge in [0.1, 0.15) is 13.2 Å². The van der Waals surface area contributed by atoms with Crippen molar-refractivity contribution in [3.05, 3.63) is 119 Å². The molecule has 0 fully saturated rings. The summed E-state index contributed by atoms with van der Waals surface area (Å²) < 4.78 is 11.1. The number of amides is 2. The Morgan fingerprint density at radius 2 is 0.929 bits per heavy atom. The first-order chi connectivity index (χ1) is 20.4. The molecule has 0 saturated heterocycles. The van der Waals surface area contributed by atoms with Crippen LogP contribution >= 0.6 is 0 Å². The van der Waals surface area contributed by atoms with Crippen LogP contribution in [-0.4, -0.2) is 42.1 Å². The van der Waals surface area contributed by atoms with E-state index in [1.807, 2.05) is 97.1 Å². The Labute approximate surface area is 243 Å². The lowest BCUT2D eigenvalue weighted by Gasteiger charge is -2.30. The summed E-state index contributed by atoms with van der Waals surface area (Å²) in [4.78, 5) is 38.2. The molecule has 0 aliphatic heterocycles. The van der Waals surface area contributed by atoms with Crippen LogP contribution in [0.15, 0.2) is 97.1 Å². The molecule has 6 rings (SSSR count). The third-order valence-corrected chi connectivity index (χ3v) is 8.21. The lowest BCUT2D eigenvalue weighted by Crippen LogP contribution is -2.65. The summed E-state index contributed by atoms with van der Waals surface area (Å²) in [5.74, 6) is -1.83. The number of rotatable bonds is 8. The van der Waals surface area contributed by atoms with Crippen LogP contribution in [0.4, 0.5) is 9.59 Å². The van der Waals surface area contributed by atoms with E-state index >= 15 is 0 Å². The first kappa shape index (κ1) is 27.1. The average molecular weight is 563 g/mol. The zero-order chi connectivity index (χ0) is 29.3. The summed E-state index contributed by atoms with van der Waals surface area (Å²) in [5.41, 5.74) is 6.31. The maximum atomic E-state index is 12.9. The molecule has 0 saturated carbocycles. The number of benzene rings is 4. The molecule has 0 spiro atoms. The average Bonchev–Trinajstić information content (AvgIpc) is 3.51. The number of ether oxygens (including phenoxy) is 2.